The van der Waals surface area contributed by atoms with Crippen LogP contribution in [0.2, 0.25) is 5.02 Å². The summed E-state index contributed by atoms with van der Waals surface area (Å²) < 4.78 is 0. The molecule has 4 heteroatoms. The molecular formula is C14H16ClN3. The lowest BCUT2D eigenvalue weighted by Crippen LogP contribution is -2.27. The van der Waals surface area contributed by atoms with Gasteiger partial charge in [0, 0.05) is 35.6 Å². The van der Waals surface area contributed by atoms with Crippen molar-refractivity contribution in [1.82, 2.24) is 9.97 Å². The van der Waals surface area contributed by atoms with Crippen LogP contribution in [-0.2, 0) is 6.42 Å². The Hall–Kier alpha value is -1.45. The Labute approximate surface area is 112 Å². The second kappa shape index (κ2) is 5.94. The van der Waals surface area contributed by atoms with Crippen molar-refractivity contribution in [3.05, 3.63) is 59.1 Å². The van der Waals surface area contributed by atoms with E-state index in [1.807, 2.05) is 31.2 Å². The topological polar surface area (TPSA) is 51.8 Å². The Morgan fingerprint density at radius 3 is 2.50 bits per heavy atom. The molecule has 0 radical (unpaired) electrons. The van der Waals surface area contributed by atoms with Crippen molar-refractivity contribution in [2.45, 2.75) is 25.3 Å². The highest BCUT2D eigenvalue weighted by Crippen LogP contribution is 2.22. The molecule has 2 unspecified atom stereocenters. The molecule has 0 fully saturated rings. The van der Waals surface area contributed by atoms with Gasteiger partial charge in [-0.3, -0.25) is 9.97 Å². The lowest BCUT2D eigenvalue weighted by Gasteiger charge is -2.20. The molecule has 18 heavy (non-hydrogen) atoms. The Kier molecular flexibility index (Phi) is 4.28. The summed E-state index contributed by atoms with van der Waals surface area (Å²) in [6.07, 6.45) is 5.99. The van der Waals surface area contributed by atoms with Gasteiger partial charge >= 0.3 is 0 Å². The average Bonchev–Trinajstić information content (AvgIpc) is 2.38. The summed E-state index contributed by atoms with van der Waals surface area (Å²) in [5.41, 5.74) is 8.19. The van der Waals surface area contributed by atoms with Crippen molar-refractivity contribution in [2.24, 2.45) is 5.73 Å². The molecule has 1 aromatic heterocycles. The maximum absolute atomic E-state index is 6.05. The van der Waals surface area contributed by atoms with E-state index in [1.165, 1.54) is 5.56 Å². The lowest BCUT2D eigenvalue weighted by molar-refractivity contribution is 0.550. The SMILES string of the molecule is CC(N)C(Cc1ccc(Cl)cc1)c1cnccn1. The number of halogens is 1. The summed E-state index contributed by atoms with van der Waals surface area (Å²) in [5.74, 6) is 0.167. The number of nitrogens with zero attached hydrogens (tertiary/aromatic N) is 2. The Morgan fingerprint density at radius 2 is 1.94 bits per heavy atom. The number of nitrogens with two attached hydrogens (primary N) is 1. The van der Waals surface area contributed by atoms with E-state index in [2.05, 4.69) is 9.97 Å². The number of hydrogen-bond donors (Lipinski definition) is 1. The largest absolute Gasteiger partial charge is 0.327 e. The number of aromatic nitrogens is 2. The molecule has 1 heterocycles. The van der Waals surface area contributed by atoms with Gasteiger partial charge in [0.05, 0.1) is 5.69 Å². The summed E-state index contributed by atoms with van der Waals surface area (Å²) in [7, 11) is 0. The number of hydrogen-bond acceptors (Lipinski definition) is 3. The van der Waals surface area contributed by atoms with E-state index in [1.54, 1.807) is 18.6 Å². The molecule has 2 rings (SSSR count). The van der Waals surface area contributed by atoms with E-state index < -0.39 is 0 Å². The average molecular weight is 262 g/mol. The molecular weight excluding hydrogens is 246 g/mol. The van der Waals surface area contributed by atoms with Gasteiger partial charge in [0.15, 0.2) is 0 Å². The highest BCUT2D eigenvalue weighted by atomic mass is 35.5. The molecule has 0 aliphatic carbocycles. The van der Waals surface area contributed by atoms with E-state index >= 15 is 0 Å². The molecule has 0 saturated carbocycles. The predicted octanol–water partition coefficient (Wildman–Crippen LogP) is 2.80. The normalized spacial score (nSPS) is 14.2. The summed E-state index contributed by atoms with van der Waals surface area (Å²) in [6.45, 7) is 2.00. The standard InChI is InChI=1S/C14H16ClN3/c1-10(16)13(14-9-17-6-7-18-14)8-11-2-4-12(15)5-3-11/h2-7,9-10,13H,8,16H2,1H3. The van der Waals surface area contributed by atoms with Crippen LogP contribution < -0.4 is 5.73 Å². The molecule has 0 amide bonds. The molecule has 2 aromatic rings. The molecule has 3 nitrogen and oxygen atoms in total. The molecule has 1 aromatic carbocycles. The van der Waals surface area contributed by atoms with Crippen molar-refractivity contribution in [3.8, 4) is 0 Å². The monoisotopic (exact) mass is 261 g/mol. The van der Waals surface area contributed by atoms with Gasteiger partial charge in [-0.05, 0) is 31.0 Å². The summed E-state index contributed by atoms with van der Waals surface area (Å²) in [6, 6.07) is 7.86. The second-order valence-corrected chi connectivity index (χ2v) is 4.86. The van der Waals surface area contributed by atoms with Crippen molar-refractivity contribution in [1.29, 1.82) is 0 Å². The van der Waals surface area contributed by atoms with Crippen molar-refractivity contribution < 1.29 is 0 Å². The Bertz CT molecular complexity index is 482. The Morgan fingerprint density at radius 1 is 1.22 bits per heavy atom. The van der Waals surface area contributed by atoms with Crippen molar-refractivity contribution >= 4 is 11.6 Å². The smallest absolute Gasteiger partial charge is 0.0636 e. The highest BCUT2D eigenvalue weighted by Gasteiger charge is 2.18. The van der Waals surface area contributed by atoms with Gasteiger partial charge in [0.2, 0.25) is 0 Å². The molecule has 0 bridgehead atoms. The maximum atomic E-state index is 6.05. The first-order chi connectivity index (χ1) is 8.66. The van der Waals surface area contributed by atoms with Crippen molar-refractivity contribution in [3.63, 3.8) is 0 Å². The van der Waals surface area contributed by atoms with Crippen molar-refractivity contribution in [2.75, 3.05) is 0 Å². The summed E-state index contributed by atoms with van der Waals surface area (Å²) in [4.78, 5) is 8.45. The molecule has 0 aliphatic rings. The zero-order valence-electron chi connectivity index (χ0n) is 10.3. The van der Waals surface area contributed by atoms with Crippen LogP contribution in [0.15, 0.2) is 42.9 Å². The summed E-state index contributed by atoms with van der Waals surface area (Å²) in [5, 5.41) is 0.746. The first-order valence-corrected chi connectivity index (χ1v) is 6.30. The van der Waals surface area contributed by atoms with Gasteiger partial charge in [-0.2, -0.15) is 0 Å². The summed E-state index contributed by atoms with van der Waals surface area (Å²) >= 11 is 5.88. The first kappa shape index (κ1) is 13.0. The third kappa shape index (κ3) is 3.28. The van der Waals surface area contributed by atoms with Crippen LogP contribution in [0.5, 0.6) is 0 Å². The molecule has 94 valence electrons. The minimum atomic E-state index is 0.0254. The van der Waals surface area contributed by atoms with E-state index in [0.717, 1.165) is 17.1 Å². The molecule has 0 saturated heterocycles. The van der Waals surface area contributed by atoms with Gasteiger partial charge < -0.3 is 5.73 Å². The minimum Gasteiger partial charge on any atom is -0.327 e. The van der Waals surface area contributed by atoms with Crippen LogP contribution in [0.25, 0.3) is 0 Å². The van der Waals surface area contributed by atoms with Gasteiger partial charge in [0.25, 0.3) is 0 Å². The molecule has 0 spiro atoms. The molecule has 2 atom stereocenters. The van der Waals surface area contributed by atoms with Crippen LogP contribution in [-0.4, -0.2) is 16.0 Å². The fourth-order valence-electron chi connectivity index (χ4n) is 1.94. The van der Waals surface area contributed by atoms with Crippen LogP contribution >= 0.6 is 11.6 Å². The van der Waals surface area contributed by atoms with Gasteiger partial charge in [0.1, 0.15) is 0 Å². The number of rotatable bonds is 4. The van der Waals surface area contributed by atoms with E-state index in [0.29, 0.717) is 0 Å². The van der Waals surface area contributed by atoms with Gasteiger partial charge in [-0.25, -0.2) is 0 Å². The van der Waals surface area contributed by atoms with Gasteiger partial charge in [-0.15, -0.1) is 0 Å². The highest BCUT2D eigenvalue weighted by molar-refractivity contribution is 6.30. The molecule has 0 aliphatic heterocycles. The minimum absolute atomic E-state index is 0.0254. The molecule has 2 N–H and O–H groups in total. The third-order valence-electron chi connectivity index (χ3n) is 2.97. The first-order valence-electron chi connectivity index (χ1n) is 5.93. The lowest BCUT2D eigenvalue weighted by atomic mass is 9.91. The van der Waals surface area contributed by atoms with Crippen LogP contribution in [0, 0.1) is 0 Å². The second-order valence-electron chi connectivity index (χ2n) is 4.43. The number of benzene rings is 1. The van der Waals surface area contributed by atoms with Crippen LogP contribution in [0.1, 0.15) is 24.1 Å². The van der Waals surface area contributed by atoms with Gasteiger partial charge in [-0.1, -0.05) is 23.7 Å². The quantitative estimate of drug-likeness (QED) is 0.921. The fourth-order valence-corrected chi connectivity index (χ4v) is 2.06. The predicted molar refractivity (Wildman–Crippen MR) is 73.6 cm³/mol. The fraction of sp³-hybridized carbons (Fsp3) is 0.286. The van der Waals surface area contributed by atoms with E-state index in [-0.39, 0.29) is 12.0 Å². The zero-order chi connectivity index (χ0) is 13.0. The zero-order valence-corrected chi connectivity index (χ0v) is 11.0. The van der Waals surface area contributed by atoms with E-state index in [4.69, 9.17) is 17.3 Å². The van der Waals surface area contributed by atoms with Crippen LogP contribution in [0.4, 0.5) is 0 Å². The van der Waals surface area contributed by atoms with Crippen LogP contribution in [0.3, 0.4) is 0 Å². The van der Waals surface area contributed by atoms with E-state index in [9.17, 15) is 0 Å². The Balaban J connectivity index is 2.19. The maximum Gasteiger partial charge on any atom is 0.0636 e. The third-order valence-corrected chi connectivity index (χ3v) is 3.22.